The van der Waals surface area contributed by atoms with Crippen molar-refractivity contribution in [1.82, 2.24) is 14.9 Å². The largest absolute Gasteiger partial charge is 0.504 e. The summed E-state index contributed by atoms with van der Waals surface area (Å²) in [7, 11) is 0. The van der Waals surface area contributed by atoms with E-state index < -0.39 is 11.4 Å². The van der Waals surface area contributed by atoms with Crippen LogP contribution in [0.1, 0.15) is 46.5 Å². The molecule has 2 aliphatic rings. The summed E-state index contributed by atoms with van der Waals surface area (Å²) >= 11 is 11.8. The maximum atomic E-state index is 14.6. The van der Waals surface area contributed by atoms with Crippen molar-refractivity contribution in [2.24, 2.45) is 0 Å². The number of benzene rings is 2. The predicted octanol–water partition coefficient (Wildman–Crippen LogP) is 6.83. The number of aromatic hydroxyl groups is 1. The lowest BCUT2D eigenvalue weighted by atomic mass is 10.00. The SMILES string of the molecule is CC(C)(C)OC(=O)N1[C@@H]2CC[C@H]1C[C@H](Oc1cc3c(Nc4ccc(Cl)c(Cl)c4F)ncnc3cc1O)C2. The Morgan fingerprint density at radius 1 is 1.16 bits per heavy atom. The highest BCUT2D eigenvalue weighted by atomic mass is 35.5. The Labute approximate surface area is 223 Å². The first kappa shape index (κ1) is 25.6. The minimum absolute atomic E-state index is 0.0133. The fourth-order valence-electron chi connectivity index (χ4n) is 5.03. The molecule has 8 nitrogen and oxygen atoms in total. The number of piperidine rings is 1. The van der Waals surface area contributed by atoms with Gasteiger partial charge >= 0.3 is 6.09 Å². The Kier molecular flexibility index (Phi) is 6.70. The molecule has 2 fully saturated rings. The number of nitrogens with zero attached hydrogens (tertiary/aromatic N) is 3. The topological polar surface area (TPSA) is 96.8 Å². The highest BCUT2D eigenvalue weighted by molar-refractivity contribution is 6.42. The quantitative estimate of drug-likeness (QED) is 0.344. The number of carbonyl (C=O) groups is 1. The Morgan fingerprint density at radius 2 is 1.86 bits per heavy atom. The van der Waals surface area contributed by atoms with Gasteiger partial charge < -0.3 is 24.8 Å². The van der Waals surface area contributed by atoms with Crippen molar-refractivity contribution < 1.29 is 23.8 Å². The van der Waals surface area contributed by atoms with E-state index in [9.17, 15) is 14.3 Å². The lowest BCUT2D eigenvalue weighted by Crippen LogP contribution is -2.50. The van der Waals surface area contributed by atoms with Crippen LogP contribution in [0.2, 0.25) is 10.0 Å². The van der Waals surface area contributed by atoms with E-state index >= 15 is 0 Å². The van der Waals surface area contributed by atoms with Crippen LogP contribution in [0.5, 0.6) is 11.5 Å². The van der Waals surface area contributed by atoms with Gasteiger partial charge in [0.05, 0.1) is 21.2 Å². The monoisotopic (exact) mass is 548 g/mol. The molecule has 0 radical (unpaired) electrons. The number of carbonyl (C=O) groups excluding carboxylic acids is 1. The summed E-state index contributed by atoms with van der Waals surface area (Å²) in [6.45, 7) is 5.57. The molecule has 2 saturated heterocycles. The number of halogens is 3. The molecule has 3 heterocycles. The first-order chi connectivity index (χ1) is 17.5. The third kappa shape index (κ3) is 5.20. The number of rotatable bonds is 4. The third-order valence-corrected chi connectivity index (χ3v) is 7.37. The molecule has 0 unspecified atom stereocenters. The van der Waals surface area contributed by atoms with E-state index in [0.717, 1.165) is 12.8 Å². The van der Waals surface area contributed by atoms with Crippen molar-refractivity contribution in [3.8, 4) is 11.5 Å². The number of phenolic OH excluding ortho intramolecular Hbond substituents is 1. The molecule has 2 aliphatic heterocycles. The number of amides is 1. The van der Waals surface area contributed by atoms with Crippen molar-refractivity contribution in [2.45, 2.75) is 70.2 Å². The molecule has 0 saturated carbocycles. The van der Waals surface area contributed by atoms with Gasteiger partial charge in [-0.2, -0.15) is 0 Å². The second-order valence-electron chi connectivity index (χ2n) is 10.4. The van der Waals surface area contributed by atoms with Gasteiger partial charge in [-0.15, -0.1) is 0 Å². The average Bonchev–Trinajstić information content (AvgIpc) is 3.10. The molecule has 3 atom stereocenters. The summed E-state index contributed by atoms with van der Waals surface area (Å²) in [6, 6.07) is 6.08. The highest BCUT2D eigenvalue weighted by Crippen LogP contribution is 2.41. The van der Waals surface area contributed by atoms with Crippen molar-refractivity contribution in [1.29, 1.82) is 0 Å². The number of phenols is 1. The maximum absolute atomic E-state index is 14.6. The van der Waals surface area contributed by atoms with Gasteiger partial charge in [-0.25, -0.2) is 19.2 Å². The van der Waals surface area contributed by atoms with Gasteiger partial charge in [0, 0.05) is 36.4 Å². The zero-order chi connectivity index (χ0) is 26.5. The van der Waals surface area contributed by atoms with Crippen LogP contribution < -0.4 is 10.1 Å². The summed E-state index contributed by atoms with van der Waals surface area (Å²) in [5, 5.41) is 14.0. The number of hydrogen-bond acceptors (Lipinski definition) is 7. The van der Waals surface area contributed by atoms with Crippen LogP contribution in [0.3, 0.4) is 0 Å². The van der Waals surface area contributed by atoms with E-state index in [1.165, 1.54) is 24.5 Å². The lowest BCUT2D eigenvalue weighted by Gasteiger charge is -2.39. The number of hydrogen-bond donors (Lipinski definition) is 2. The van der Waals surface area contributed by atoms with Crippen LogP contribution in [-0.2, 0) is 4.74 Å². The van der Waals surface area contributed by atoms with E-state index in [0.29, 0.717) is 29.6 Å². The number of anilines is 2. The Balaban J connectivity index is 1.37. The van der Waals surface area contributed by atoms with E-state index in [1.54, 1.807) is 6.07 Å². The summed E-state index contributed by atoms with van der Waals surface area (Å²) in [4.78, 5) is 23.0. The zero-order valence-electron chi connectivity index (χ0n) is 20.6. The summed E-state index contributed by atoms with van der Waals surface area (Å²) < 4.78 is 26.5. The number of fused-ring (bicyclic) bond motifs is 3. The van der Waals surface area contributed by atoms with Gasteiger partial charge in [-0.05, 0) is 51.8 Å². The fourth-order valence-corrected chi connectivity index (χ4v) is 5.34. The highest BCUT2D eigenvalue weighted by Gasteiger charge is 2.45. The molecule has 2 bridgehead atoms. The van der Waals surface area contributed by atoms with Crippen LogP contribution in [0, 0.1) is 5.82 Å². The summed E-state index contributed by atoms with van der Waals surface area (Å²) in [5.41, 5.74) is -0.0203. The number of aromatic nitrogens is 2. The van der Waals surface area contributed by atoms with Crippen LogP contribution in [0.4, 0.5) is 20.7 Å². The molecule has 196 valence electrons. The van der Waals surface area contributed by atoms with Crippen LogP contribution in [-0.4, -0.2) is 49.9 Å². The maximum Gasteiger partial charge on any atom is 0.410 e. The lowest BCUT2D eigenvalue weighted by molar-refractivity contribution is -0.00736. The van der Waals surface area contributed by atoms with Crippen LogP contribution >= 0.6 is 23.2 Å². The molecule has 3 aromatic rings. The number of ether oxygens (including phenoxy) is 2. The second kappa shape index (κ2) is 9.68. The van der Waals surface area contributed by atoms with Gasteiger partial charge in [0.25, 0.3) is 0 Å². The van der Waals surface area contributed by atoms with E-state index in [1.807, 2.05) is 25.7 Å². The van der Waals surface area contributed by atoms with Gasteiger partial charge in [-0.1, -0.05) is 23.2 Å². The second-order valence-corrected chi connectivity index (χ2v) is 11.2. The molecule has 1 amide bonds. The first-order valence-electron chi connectivity index (χ1n) is 12.1. The van der Waals surface area contributed by atoms with Crippen molar-refractivity contribution >= 4 is 51.7 Å². The fraction of sp³-hybridized carbons (Fsp3) is 0.423. The standard InChI is InChI=1S/C26H27Cl2FN4O4/c1-26(2,3)37-25(35)33-13-4-5-14(33)9-15(8-13)36-21-10-16-19(11-20(21)34)30-12-31-24(16)32-18-7-6-17(27)22(28)23(18)29/h6-7,10-15,34H,4-5,8-9H2,1-3H3,(H,30,31,32)/t13-,14+,15-. The average molecular weight is 549 g/mol. The summed E-state index contributed by atoms with van der Waals surface area (Å²) in [5.74, 6) is -0.203. The zero-order valence-corrected chi connectivity index (χ0v) is 22.1. The molecule has 11 heteroatoms. The first-order valence-corrected chi connectivity index (χ1v) is 12.8. The van der Waals surface area contributed by atoms with Crippen LogP contribution in [0.15, 0.2) is 30.6 Å². The molecular formula is C26H27Cl2FN4O4. The molecule has 2 N–H and O–H groups in total. The molecule has 0 spiro atoms. The normalized spacial score (nSPS) is 21.2. The molecule has 2 aromatic carbocycles. The van der Waals surface area contributed by atoms with Gasteiger partial charge in [0.15, 0.2) is 17.3 Å². The van der Waals surface area contributed by atoms with Gasteiger partial charge in [0.1, 0.15) is 23.9 Å². The van der Waals surface area contributed by atoms with Gasteiger partial charge in [0.2, 0.25) is 0 Å². The van der Waals surface area contributed by atoms with Gasteiger partial charge in [-0.3, -0.25) is 0 Å². The van der Waals surface area contributed by atoms with Crippen LogP contribution in [0.25, 0.3) is 10.9 Å². The minimum Gasteiger partial charge on any atom is -0.504 e. The Hall–Kier alpha value is -3.04. The minimum atomic E-state index is -0.705. The van der Waals surface area contributed by atoms with E-state index in [-0.39, 0.29) is 51.5 Å². The van der Waals surface area contributed by atoms with E-state index in [2.05, 4.69) is 15.3 Å². The molecule has 0 aliphatic carbocycles. The van der Waals surface area contributed by atoms with Crippen molar-refractivity contribution in [3.63, 3.8) is 0 Å². The van der Waals surface area contributed by atoms with Crippen molar-refractivity contribution in [2.75, 3.05) is 5.32 Å². The smallest absolute Gasteiger partial charge is 0.410 e. The molecule has 5 rings (SSSR count). The molecular weight excluding hydrogens is 522 g/mol. The summed E-state index contributed by atoms with van der Waals surface area (Å²) in [6.07, 6.45) is 3.82. The van der Waals surface area contributed by atoms with E-state index in [4.69, 9.17) is 32.7 Å². The molecule has 37 heavy (non-hydrogen) atoms. The van der Waals surface area contributed by atoms with Crippen molar-refractivity contribution in [3.05, 3.63) is 46.5 Å². The Morgan fingerprint density at radius 3 is 2.54 bits per heavy atom. The third-order valence-electron chi connectivity index (χ3n) is 6.59. The molecule has 1 aromatic heterocycles. The predicted molar refractivity (Wildman–Crippen MR) is 139 cm³/mol. The number of nitrogens with one attached hydrogen (secondary N) is 1. The Bertz CT molecular complexity index is 1350.